The summed E-state index contributed by atoms with van der Waals surface area (Å²) in [7, 11) is 0. The number of nitrogens with one attached hydrogen (secondary N) is 1. The zero-order valence-electron chi connectivity index (χ0n) is 14.4. The molecule has 0 aliphatic heterocycles. The van der Waals surface area contributed by atoms with E-state index in [0.29, 0.717) is 5.16 Å². The van der Waals surface area contributed by atoms with Crippen molar-refractivity contribution in [2.45, 2.75) is 25.9 Å². The zero-order chi connectivity index (χ0) is 17.8. The van der Waals surface area contributed by atoms with Gasteiger partial charge in [-0.2, -0.15) is 4.68 Å². The van der Waals surface area contributed by atoms with Crippen LogP contribution in [-0.4, -0.2) is 31.9 Å². The number of benzene rings is 2. The Balaban J connectivity index is 1.67. The smallest absolute Gasteiger partial charge is 0.234 e. The van der Waals surface area contributed by atoms with Crippen LogP contribution in [0.25, 0.3) is 5.69 Å². The van der Waals surface area contributed by atoms with Crippen molar-refractivity contribution in [3.05, 3.63) is 59.2 Å². The third-order valence-corrected chi connectivity index (χ3v) is 4.72. The van der Waals surface area contributed by atoms with Crippen LogP contribution in [0.5, 0.6) is 0 Å². The number of aryl methyl sites for hydroxylation is 3. The van der Waals surface area contributed by atoms with Gasteiger partial charge in [-0.3, -0.25) is 4.79 Å². The first-order valence-electron chi connectivity index (χ1n) is 7.89. The SMILES string of the molecule is Cc1ccc(-n2nnnc2SCC(=O)Nc2c(C)cccc2C)cc1. The van der Waals surface area contributed by atoms with Crippen LogP contribution in [0, 0.1) is 20.8 Å². The van der Waals surface area contributed by atoms with E-state index in [1.54, 1.807) is 4.68 Å². The summed E-state index contributed by atoms with van der Waals surface area (Å²) in [5, 5.41) is 15.3. The normalized spacial score (nSPS) is 10.7. The first kappa shape index (κ1) is 17.2. The topological polar surface area (TPSA) is 72.7 Å². The Labute approximate surface area is 150 Å². The number of nitrogens with zero attached hydrogens (tertiary/aromatic N) is 4. The van der Waals surface area contributed by atoms with E-state index < -0.39 is 0 Å². The molecule has 6 nitrogen and oxygen atoms in total. The Bertz CT molecular complexity index is 868. The Hall–Kier alpha value is -2.67. The number of carbonyl (C=O) groups excluding carboxylic acids is 1. The van der Waals surface area contributed by atoms with Gasteiger partial charge in [0, 0.05) is 5.69 Å². The van der Waals surface area contributed by atoms with Gasteiger partial charge in [0.2, 0.25) is 11.1 Å². The lowest BCUT2D eigenvalue weighted by atomic mass is 10.1. The molecule has 2 aromatic carbocycles. The van der Waals surface area contributed by atoms with Gasteiger partial charge in [0.1, 0.15) is 0 Å². The van der Waals surface area contributed by atoms with Crippen LogP contribution in [0.15, 0.2) is 47.6 Å². The molecule has 0 spiro atoms. The molecule has 0 saturated heterocycles. The summed E-state index contributed by atoms with van der Waals surface area (Å²) in [4.78, 5) is 12.3. The van der Waals surface area contributed by atoms with Crippen molar-refractivity contribution in [3.8, 4) is 5.69 Å². The van der Waals surface area contributed by atoms with Gasteiger partial charge in [0.25, 0.3) is 0 Å². The number of thioether (sulfide) groups is 1. The molecule has 1 N–H and O–H groups in total. The molecule has 0 aliphatic carbocycles. The van der Waals surface area contributed by atoms with Crippen LogP contribution in [0.4, 0.5) is 5.69 Å². The first-order chi connectivity index (χ1) is 12.0. The Morgan fingerprint density at radius 2 is 1.76 bits per heavy atom. The van der Waals surface area contributed by atoms with E-state index in [0.717, 1.165) is 22.5 Å². The largest absolute Gasteiger partial charge is 0.325 e. The van der Waals surface area contributed by atoms with Crippen LogP contribution in [0.1, 0.15) is 16.7 Å². The Morgan fingerprint density at radius 1 is 1.08 bits per heavy atom. The van der Waals surface area contributed by atoms with E-state index >= 15 is 0 Å². The summed E-state index contributed by atoms with van der Waals surface area (Å²) < 4.78 is 1.64. The quantitative estimate of drug-likeness (QED) is 0.713. The third-order valence-electron chi connectivity index (χ3n) is 3.80. The Kier molecular flexibility index (Phi) is 5.14. The number of para-hydroxylation sites is 1. The van der Waals surface area contributed by atoms with Crippen molar-refractivity contribution in [3.63, 3.8) is 0 Å². The van der Waals surface area contributed by atoms with Crippen LogP contribution in [0.2, 0.25) is 0 Å². The highest BCUT2D eigenvalue weighted by Gasteiger charge is 2.13. The number of hydrogen-bond donors (Lipinski definition) is 1. The van der Waals surface area contributed by atoms with Gasteiger partial charge in [-0.25, -0.2) is 0 Å². The molecule has 7 heteroatoms. The predicted octanol–water partition coefficient (Wildman–Crippen LogP) is 3.32. The Morgan fingerprint density at radius 3 is 2.44 bits per heavy atom. The maximum atomic E-state index is 12.3. The van der Waals surface area contributed by atoms with Crippen molar-refractivity contribution in [2.75, 3.05) is 11.1 Å². The first-order valence-corrected chi connectivity index (χ1v) is 8.87. The number of hydrogen-bond acceptors (Lipinski definition) is 5. The summed E-state index contributed by atoms with van der Waals surface area (Å²) in [6.07, 6.45) is 0. The molecule has 0 fully saturated rings. The molecule has 0 radical (unpaired) electrons. The van der Waals surface area contributed by atoms with Crippen LogP contribution < -0.4 is 5.32 Å². The van der Waals surface area contributed by atoms with Gasteiger partial charge in [0.15, 0.2) is 0 Å². The number of aromatic nitrogens is 4. The number of carbonyl (C=O) groups is 1. The molecule has 0 aliphatic rings. The van der Waals surface area contributed by atoms with E-state index in [9.17, 15) is 4.79 Å². The van der Waals surface area contributed by atoms with Crippen molar-refractivity contribution < 1.29 is 4.79 Å². The molecule has 25 heavy (non-hydrogen) atoms. The molecule has 0 unspecified atom stereocenters. The fraction of sp³-hybridized carbons (Fsp3) is 0.222. The molecule has 0 bridgehead atoms. The average Bonchev–Trinajstić information content (AvgIpc) is 3.06. The van der Waals surface area contributed by atoms with E-state index in [2.05, 4.69) is 20.8 Å². The minimum Gasteiger partial charge on any atom is -0.325 e. The second-order valence-electron chi connectivity index (χ2n) is 5.81. The van der Waals surface area contributed by atoms with Gasteiger partial charge in [-0.05, 0) is 54.5 Å². The standard InChI is InChI=1S/C18H19N5OS/c1-12-7-9-15(10-8-12)23-18(20-21-22-23)25-11-16(24)19-17-13(2)5-4-6-14(17)3/h4-10H,11H2,1-3H3,(H,19,24). The van der Waals surface area contributed by atoms with Gasteiger partial charge in [-0.1, -0.05) is 47.7 Å². The van der Waals surface area contributed by atoms with E-state index in [1.807, 2.05) is 63.2 Å². The van der Waals surface area contributed by atoms with Crippen LogP contribution in [0.3, 0.4) is 0 Å². The van der Waals surface area contributed by atoms with E-state index in [1.165, 1.54) is 17.3 Å². The molecule has 1 heterocycles. The molecule has 128 valence electrons. The maximum absolute atomic E-state index is 12.3. The molecule has 3 rings (SSSR count). The molecular formula is C18H19N5OS. The third kappa shape index (κ3) is 4.06. The number of anilines is 1. The highest BCUT2D eigenvalue weighted by molar-refractivity contribution is 7.99. The van der Waals surface area contributed by atoms with E-state index in [4.69, 9.17) is 0 Å². The summed E-state index contributed by atoms with van der Waals surface area (Å²) >= 11 is 1.31. The predicted molar refractivity (Wildman–Crippen MR) is 99.2 cm³/mol. The summed E-state index contributed by atoms with van der Waals surface area (Å²) in [6, 6.07) is 13.8. The molecule has 0 saturated carbocycles. The lowest BCUT2D eigenvalue weighted by Gasteiger charge is -2.11. The summed E-state index contributed by atoms with van der Waals surface area (Å²) in [5.41, 5.74) is 4.99. The molecule has 3 aromatic rings. The minimum atomic E-state index is -0.0825. The molecule has 1 aromatic heterocycles. The van der Waals surface area contributed by atoms with Crippen LogP contribution >= 0.6 is 11.8 Å². The van der Waals surface area contributed by atoms with Gasteiger partial charge in [0.05, 0.1) is 11.4 Å². The highest BCUT2D eigenvalue weighted by Crippen LogP contribution is 2.22. The monoisotopic (exact) mass is 353 g/mol. The van der Waals surface area contributed by atoms with E-state index in [-0.39, 0.29) is 11.7 Å². The summed E-state index contributed by atoms with van der Waals surface area (Å²) in [5.74, 6) is 0.154. The van der Waals surface area contributed by atoms with Crippen molar-refractivity contribution >= 4 is 23.4 Å². The van der Waals surface area contributed by atoms with Crippen LogP contribution in [-0.2, 0) is 4.79 Å². The second-order valence-corrected chi connectivity index (χ2v) is 6.75. The molecule has 0 atom stereocenters. The molecule has 1 amide bonds. The number of amides is 1. The van der Waals surface area contributed by atoms with Gasteiger partial charge < -0.3 is 5.32 Å². The minimum absolute atomic E-state index is 0.0825. The fourth-order valence-electron chi connectivity index (χ4n) is 2.43. The zero-order valence-corrected chi connectivity index (χ0v) is 15.2. The van der Waals surface area contributed by atoms with Crippen molar-refractivity contribution in [1.29, 1.82) is 0 Å². The summed E-state index contributed by atoms with van der Waals surface area (Å²) in [6.45, 7) is 5.98. The lowest BCUT2D eigenvalue weighted by Crippen LogP contribution is -2.16. The fourth-order valence-corrected chi connectivity index (χ4v) is 3.12. The number of rotatable bonds is 5. The lowest BCUT2D eigenvalue weighted by molar-refractivity contribution is -0.113. The second kappa shape index (κ2) is 7.48. The highest BCUT2D eigenvalue weighted by atomic mass is 32.2. The molecular weight excluding hydrogens is 334 g/mol. The van der Waals surface area contributed by atoms with Gasteiger partial charge in [-0.15, -0.1) is 5.10 Å². The number of tetrazole rings is 1. The van der Waals surface area contributed by atoms with Crippen molar-refractivity contribution in [2.24, 2.45) is 0 Å². The maximum Gasteiger partial charge on any atom is 0.234 e. The van der Waals surface area contributed by atoms with Crippen molar-refractivity contribution in [1.82, 2.24) is 20.2 Å². The average molecular weight is 353 g/mol. The van der Waals surface area contributed by atoms with Gasteiger partial charge >= 0.3 is 0 Å².